The van der Waals surface area contributed by atoms with E-state index in [4.69, 9.17) is 5.11 Å². The molecule has 0 radical (unpaired) electrons. The van der Waals surface area contributed by atoms with Gasteiger partial charge in [0.2, 0.25) is 0 Å². The van der Waals surface area contributed by atoms with E-state index < -0.39 is 5.97 Å². The molecule has 1 atom stereocenters. The Morgan fingerprint density at radius 3 is 2.92 bits per heavy atom. The standard InChI is InChI=1S/C10H17NO2/c1-11-7-6-9(8-11)4-2-3-5-10(12)13/h2-3,9H,4-8H2,1H3,(H,12,13)/b3-2-. The number of likely N-dealkylation sites (tertiary alicyclic amines) is 1. The fraction of sp³-hybridized carbons (Fsp3) is 0.700. The number of hydrogen-bond donors (Lipinski definition) is 1. The topological polar surface area (TPSA) is 40.5 Å². The Labute approximate surface area is 79.0 Å². The normalized spacial score (nSPS) is 24.2. The van der Waals surface area contributed by atoms with Crippen molar-refractivity contribution >= 4 is 5.97 Å². The van der Waals surface area contributed by atoms with Gasteiger partial charge in [0.15, 0.2) is 0 Å². The maximum absolute atomic E-state index is 10.2. The van der Waals surface area contributed by atoms with Crippen LogP contribution in [-0.4, -0.2) is 36.1 Å². The maximum atomic E-state index is 10.2. The van der Waals surface area contributed by atoms with E-state index in [1.807, 2.05) is 6.08 Å². The van der Waals surface area contributed by atoms with Crippen LogP contribution in [0.1, 0.15) is 19.3 Å². The molecule has 3 nitrogen and oxygen atoms in total. The number of hydrogen-bond acceptors (Lipinski definition) is 2. The lowest BCUT2D eigenvalue weighted by Gasteiger charge is -2.06. The highest BCUT2D eigenvalue weighted by atomic mass is 16.4. The Morgan fingerprint density at radius 2 is 2.38 bits per heavy atom. The molecule has 0 aromatic heterocycles. The highest BCUT2D eigenvalue weighted by molar-refractivity contribution is 5.68. The number of rotatable bonds is 4. The molecule has 1 N–H and O–H groups in total. The molecule has 0 amide bonds. The zero-order valence-corrected chi connectivity index (χ0v) is 8.07. The van der Waals surface area contributed by atoms with Gasteiger partial charge in [-0.15, -0.1) is 0 Å². The summed E-state index contributed by atoms with van der Waals surface area (Å²) in [5.74, 6) is -0.0187. The number of carboxylic acids is 1. The molecule has 0 spiro atoms. The van der Waals surface area contributed by atoms with Crippen molar-refractivity contribution in [2.24, 2.45) is 5.92 Å². The van der Waals surface area contributed by atoms with Gasteiger partial charge in [-0.1, -0.05) is 12.2 Å². The largest absolute Gasteiger partial charge is 0.481 e. The second-order valence-electron chi connectivity index (χ2n) is 3.72. The van der Waals surface area contributed by atoms with Crippen molar-refractivity contribution < 1.29 is 9.90 Å². The molecule has 1 unspecified atom stereocenters. The molecule has 13 heavy (non-hydrogen) atoms. The fourth-order valence-corrected chi connectivity index (χ4v) is 1.69. The molecule has 0 saturated carbocycles. The monoisotopic (exact) mass is 183 g/mol. The molecule has 1 fully saturated rings. The van der Waals surface area contributed by atoms with Crippen LogP contribution in [0.25, 0.3) is 0 Å². The minimum absolute atomic E-state index is 0.155. The zero-order valence-electron chi connectivity index (χ0n) is 8.07. The van der Waals surface area contributed by atoms with E-state index in [1.54, 1.807) is 6.08 Å². The van der Waals surface area contributed by atoms with Crippen LogP contribution in [0.2, 0.25) is 0 Å². The summed E-state index contributed by atoms with van der Waals surface area (Å²) >= 11 is 0. The first kappa shape index (κ1) is 10.3. The van der Waals surface area contributed by atoms with E-state index in [1.165, 1.54) is 13.0 Å². The van der Waals surface area contributed by atoms with Gasteiger partial charge >= 0.3 is 5.97 Å². The van der Waals surface area contributed by atoms with Gasteiger partial charge in [-0.2, -0.15) is 0 Å². The maximum Gasteiger partial charge on any atom is 0.307 e. The summed E-state index contributed by atoms with van der Waals surface area (Å²) in [5, 5.41) is 8.39. The molecule has 0 bridgehead atoms. The molecule has 0 aliphatic carbocycles. The lowest BCUT2D eigenvalue weighted by atomic mass is 10.0. The quantitative estimate of drug-likeness (QED) is 0.669. The van der Waals surface area contributed by atoms with Crippen LogP contribution in [0, 0.1) is 5.92 Å². The van der Waals surface area contributed by atoms with E-state index in [-0.39, 0.29) is 6.42 Å². The number of carboxylic acid groups (broad SMARTS) is 1. The molecule has 1 aliphatic heterocycles. The average molecular weight is 183 g/mol. The Kier molecular flexibility index (Phi) is 3.96. The molecule has 74 valence electrons. The van der Waals surface area contributed by atoms with Crippen LogP contribution < -0.4 is 0 Å². The molecular weight excluding hydrogens is 166 g/mol. The highest BCUT2D eigenvalue weighted by Crippen LogP contribution is 2.18. The predicted octanol–water partition coefficient (Wildman–Crippen LogP) is 1.36. The summed E-state index contributed by atoms with van der Waals surface area (Å²) in [5.41, 5.74) is 0. The van der Waals surface area contributed by atoms with Crippen molar-refractivity contribution in [3.05, 3.63) is 12.2 Å². The summed E-state index contributed by atoms with van der Waals surface area (Å²) in [6.07, 6.45) is 6.17. The molecular formula is C10H17NO2. The molecule has 1 aliphatic rings. The summed E-state index contributed by atoms with van der Waals surface area (Å²) in [6.45, 7) is 2.33. The van der Waals surface area contributed by atoms with Gasteiger partial charge in [-0.25, -0.2) is 0 Å². The van der Waals surface area contributed by atoms with Gasteiger partial charge in [0.05, 0.1) is 6.42 Å². The minimum atomic E-state index is -0.750. The fourth-order valence-electron chi connectivity index (χ4n) is 1.69. The van der Waals surface area contributed by atoms with Crippen molar-refractivity contribution in [2.75, 3.05) is 20.1 Å². The van der Waals surface area contributed by atoms with Gasteiger partial charge in [0.25, 0.3) is 0 Å². The highest BCUT2D eigenvalue weighted by Gasteiger charge is 2.17. The van der Waals surface area contributed by atoms with Crippen molar-refractivity contribution in [3.8, 4) is 0 Å². The van der Waals surface area contributed by atoms with Crippen LogP contribution in [-0.2, 0) is 4.79 Å². The Bertz CT molecular complexity index is 201. The first-order valence-electron chi connectivity index (χ1n) is 4.74. The Balaban J connectivity index is 2.12. The average Bonchev–Trinajstić information content (AvgIpc) is 2.45. The second-order valence-corrected chi connectivity index (χ2v) is 3.72. The van der Waals surface area contributed by atoms with E-state index in [9.17, 15) is 4.79 Å². The zero-order chi connectivity index (χ0) is 9.68. The van der Waals surface area contributed by atoms with Gasteiger partial charge < -0.3 is 10.0 Å². The van der Waals surface area contributed by atoms with Crippen molar-refractivity contribution in [2.45, 2.75) is 19.3 Å². The number of carbonyl (C=O) groups is 1. The summed E-state index contributed by atoms with van der Waals surface area (Å²) in [4.78, 5) is 12.5. The first-order valence-corrected chi connectivity index (χ1v) is 4.74. The number of nitrogens with zero attached hydrogens (tertiary/aromatic N) is 1. The van der Waals surface area contributed by atoms with Crippen LogP contribution in [0.15, 0.2) is 12.2 Å². The summed E-state index contributed by atoms with van der Waals surface area (Å²) < 4.78 is 0. The van der Waals surface area contributed by atoms with Gasteiger partial charge in [0.1, 0.15) is 0 Å². The molecule has 1 saturated heterocycles. The van der Waals surface area contributed by atoms with Crippen LogP contribution in [0.4, 0.5) is 0 Å². The lowest BCUT2D eigenvalue weighted by molar-refractivity contribution is -0.136. The van der Waals surface area contributed by atoms with Gasteiger partial charge in [-0.3, -0.25) is 4.79 Å². The predicted molar refractivity (Wildman–Crippen MR) is 51.6 cm³/mol. The molecule has 1 rings (SSSR count). The van der Waals surface area contributed by atoms with Crippen LogP contribution in [0.3, 0.4) is 0 Å². The minimum Gasteiger partial charge on any atom is -0.481 e. The first-order chi connectivity index (χ1) is 6.18. The number of aliphatic carboxylic acids is 1. The van der Waals surface area contributed by atoms with E-state index >= 15 is 0 Å². The van der Waals surface area contributed by atoms with E-state index in [2.05, 4.69) is 11.9 Å². The SMILES string of the molecule is CN1CCC(C/C=C\CC(=O)O)C1. The third-order valence-corrected chi connectivity index (χ3v) is 2.42. The summed E-state index contributed by atoms with van der Waals surface area (Å²) in [6, 6.07) is 0. The Morgan fingerprint density at radius 1 is 1.62 bits per heavy atom. The second kappa shape index (κ2) is 5.02. The van der Waals surface area contributed by atoms with Crippen LogP contribution in [0.5, 0.6) is 0 Å². The Hall–Kier alpha value is -0.830. The van der Waals surface area contributed by atoms with Crippen molar-refractivity contribution in [1.29, 1.82) is 0 Å². The third-order valence-electron chi connectivity index (χ3n) is 2.42. The number of allylic oxidation sites excluding steroid dienone is 1. The van der Waals surface area contributed by atoms with E-state index in [0.29, 0.717) is 0 Å². The molecule has 0 aromatic rings. The third kappa shape index (κ3) is 4.08. The lowest BCUT2D eigenvalue weighted by Crippen LogP contribution is -2.13. The summed E-state index contributed by atoms with van der Waals surface area (Å²) in [7, 11) is 2.13. The molecule has 1 heterocycles. The van der Waals surface area contributed by atoms with Gasteiger partial charge in [0, 0.05) is 6.54 Å². The molecule has 0 aromatic carbocycles. The van der Waals surface area contributed by atoms with E-state index in [0.717, 1.165) is 18.9 Å². The van der Waals surface area contributed by atoms with Crippen molar-refractivity contribution in [3.63, 3.8) is 0 Å². The van der Waals surface area contributed by atoms with Crippen molar-refractivity contribution in [1.82, 2.24) is 4.90 Å². The van der Waals surface area contributed by atoms with Gasteiger partial charge in [-0.05, 0) is 32.4 Å². The molecule has 3 heteroatoms. The van der Waals surface area contributed by atoms with Crippen LogP contribution >= 0.6 is 0 Å². The smallest absolute Gasteiger partial charge is 0.307 e.